The molecule has 0 radical (unpaired) electrons. The fourth-order valence-corrected chi connectivity index (χ4v) is 5.74. The molecule has 2 aromatic rings. The molecule has 2 aliphatic rings. The summed E-state index contributed by atoms with van der Waals surface area (Å²) in [6.07, 6.45) is 2.64. The van der Waals surface area contributed by atoms with Gasteiger partial charge in [-0.3, -0.25) is 15.0 Å². The average molecular weight is 450 g/mol. The van der Waals surface area contributed by atoms with Gasteiger partial charge >= 0.3 is 0 Å². The number of aromatic nitrogens is 1. The van der Waals surface area contributed by atoms with Crippen molar-refractivity contribution in [1.29, 1.82) is 0 Å². The summed E-state index contributed by atoms with van der Waals surface area (Å²) in [5, 5.41) is 15.8. The van der Waals surface area contributed by atoms with Crippen LogP contribution in [0.1, 0.15) is 30.7 Å². The molecule has 0 amide bonds. The third-order valence-electron chi connectivity index (χ3n) is 5.87. The highest BCUT2D eigenvalue weighted by atomic mass is 32.2. The number of nitro benzene ring substituents is 1. The van der Waals surface area contributed by atoms with Gasteiger partial charge in [0.25, 0.3) is 5.69 Å². The Balaban J connectivity index is 1.49. The first-order valence-electron chi connectivity index (χ1n) is 10.5. The molecular weight excluding hydrogens is 422 g/mol. The predicted octanol–water partition coefficient (Wildman–Crippen LogP) is 2.39. The number of piperazine rings is 1. The predicted molar refractivity (Wildman–Crippen MR) is 114 cm³/mol. The standard InChI is InChI=1S/C20H27N5O5S/c1-16-13-17(21-30-16)15-22-9-11-23(12-10-22)19-6-5-18(14-20(19)25(26)27)31(28,29)24-7-3-2-4-8-24/h5-6,13-14H,2-4,7-12,15H2,1H3. The monoisotopic (exact) mass is 449 g/mol. The molecule has 1 aromatic heterocycles. The van der Waals surface area contributed by atoms with Gasteiger partial charge in [-0.25, -0.2) is 8.42 Å². The Morgan fingerprint density at radius 3 is 2.39 bits per heavy atom. The normalized spacial score (nSPS) is 18.9. The molecule has 2 saturated heterocycles. The lowest BCUT2D eigenvalue weighted by Gasteiger charge is -2.35. The van der Waals surface area contributed by atoms with Crippen molar-refractivity contribution in [3.63, 3.8) is 0 Å². The van der Waals surface area contributed by atoms with Crippen molar-refractivity contribution in [3.8, 4) is 0 Å². The van der Waals surface area contributed by atoms with Crippen LogP contribution in [0.4, 0.5) is 11.4 Å². The first-order chi connectivity index (χ1) is 14.8. The van der Waals surface area contributed by atoms with Crippen LogP contribution in [0, 0.1) is 17.0 Å². The Labute approximate surface area is 181 Å². The van der Waals surface area contributed by atoms with Crippen LogP contribution in [-0.4, -0.2) is 67.0 Å². The van der Waals surface area contributed by atoms with Gasteiger partial charge in [-0.2, -0.15) is 4.31 Å². The van der Waals surface area contributed by atoms with E-state index in [4.69, 9.17) is 4.52 Å². The second-order valence-corrected chi connectivity index (χ2v) is 10.0. The van der Waals surface area contributed by atoms with Gasteiger partial charge in [-0.1, -0.05) is 11.6 Å². The number of hydrogen-bond donors (Lipinski definition) is 0. The Bertz CT molecular complexity index is 1040. The van der Waals surface area contributed by atoms with E-state index in [1.165, 1.54) is 16.4 Å². The number of piperidine rings is 1. The zero-order valence-corrected chi connectivity index (χ0v) is 18.4. The van der Waals surface area contributed by atoms with Crippen molar-refractivity contribution in [1.82, 2.24) is 14.4 Å². The third-order valence-corrected chi connectivity index (χ3v) is 7.77. The molecule has 168 valence electrons. The van der Waals surface area contributed by atoms with Crippen molar-refractivity contribution in [2.24, 2.45) is 0 Å². The lowest BCUT2D eigenvalue weighted by molar-refractivity contribution is -0.384. The minimum absolute atomic E-state index is 0.00936. The van der Waals surface area contributed by atoms with Gasteiger partial charge in [-0.15, -0.1) is 0 Å². The molecule has 31 heavy (non-hydrogen) atoms. The van der Waals surface area contributed by atoms with Crippen molar-refractivity contribution in [2.75, 3.05) is 44.2 Å². The zero-order chi connectivity index (χ0) is 22.0. The molecule has 2 aliphatic heterocycles. The van der Waals surface area contributed by atoms with Gasteiger partial charge in [0.05, 0.1) is 15.5 Å². The number of benzene rings is 1. The highest BCUT2D eigenvalue weighted by molar-refractivity contribution is 7.89. The molecule has 3 heterocycles. The maximum absolute atomic E-state index is 12.9. The smallest absolute Gasteiger partial charge is 0.293 e. The quantitative estimate of drug-likeness (QED) is 0.488. The van der Waals surface area contributed by atoms with Crippen molar-refractivity contribution in [3.05, 3.63) is 45.8 Å². The molecular formula is C20H27N5O5S. The summed E-state index contributed by atoms with van der Waals surface area (Å²) in [6, 6.07) is 6.19. The molecule has 0 bridgehead atoms. The molecule has 0 saturated carbocycles. The van der Waals surface area contributed by atoms with E-state index in [1.54, 1.807) is 6.07 Å². The first-order valence-corrected chi connectivity index (χ1v) is 12.0. The first kappa shape index (κ1) is 21.7. The topological polar surface area (TPSA) is 113 Å². The average Bonchev–Trinajstić information content (AvgIpc) is 3.19. The number of nitrogens with zero attached hydrogens (tertiary/aromatic N) is 5. The van der Waals surface area contributed by atoms with E-state index in [-0.39, 0.29) is 10.6 Å². The minimum Gasteiger partial charge on any atom is -0.363 e. The Morgan fingerprint density at radius 2 is 1.77 bits per heavy atom. The molecule has 10 nitrogen and oxygen atoms in total. The number of nitro groups is 1. The number of aryl methyl sites for hydroxylation is 1. The minimum atomic E-state index is -3.72. The van der Waals surface area contributed by atoms with Crippen LogP contribution in [0.2, 0.25) is 0 Å². The van der Waals surface area contributed by atoms with Crippen molar-refractivity contribution in [2.45, 2.75) is 37.6 Å². The van der Waals surface area contributed by atoms with E-state index in [0.717, 1.165) is 43.8 Å². The number of anilines is 1. The molecule has 0 aliphatic carbocycles. The van der Waals surface area contributed by atoms with E-state index in [0.29, 0.717) is 38.4 Å². The Hall–Kier alpha value is -2.50. The lowest BCUT2D eigenvalue weighted by Crippen LogP contribution is -2.46. The van der Waals surface area contributed by atoms with Crippen LogP contribution in [0.15, 0.2) is 33.7 Å². The summed E-state index contributed by atoms with van der Waals surface area (Å²) in [5.74, 6) is 0.767. The van der Waals surface area contributed by atoms with Crippen LogP contribution in [0.5, 0.6) is 0 Å². The van der Waals surface area contributed by atoms with Gasteiger partial charge in [0.2, 0.25) is 10.0 Å². The second-order valence-electron chi connectivity index (χ2n) is 8.06. The van der Waals surface area contributed by atoms with Gasteiger partial charge in [0, 0.05) is 57.9 Å². The number of sulfonamides is 1. The highest BCUT2D eigenvalue weighted by Crippen LogP contribution is 2.33. The number of hydrogen-bond acceptors (Lipinski definition) is 8. The summed E-state index contributed by atoms with van der Waals surface area (Å²) in [5.41, 5.74) is 1.15. The number of rotatable bonds is 6. The highest BCUT2D eigenvalue weighted by Gasteiger charge is 2.30. The summed E-state index contributed by atoms with van der Waals surface area (Å²) in [7, 11) is -3.72. The van der Waals surface area contributed by atoms with Gasteiger partial charge in [-0.05, 0) is 31.9 Å². The van der Waals surface area contributed by atoms with Crippen LogP contribution < -0.4 is 4.90 Å². The zero-order valence-electron chi connectivity index (χ0n) is 17.6. The molecule has 11 heteroatoms. The van der Waals surface area contributed by atoms with Crippen molar-refractivity contribution < 1.29 is 17.9 Å². The summed E-state index contributed by atoms with van der Waals surface area (Å²) < 4.78 is 32.4. The van der Waals surface area contributed by atoms with E-state index in [2.05, 4.69) is 10.1 Å². The van der Waals surface area contributed by atoms with Gasteiger partial charge in [0.15, 0.2) is 0 Å². The lowest BCUT2D eigenvalue weighted by atomic mass is 10.2. The third kappa shape index (κ3) is 4.73. The van der Waals surface area contributed by atoms with Crippen LogP contribution >= 0.6 is 0 Å². The summed E-state index contributed by atoms with van der Waals surface area (Å²) in [6.45, 7) is 6.10. The molecule has 1 aromatic carbocycles. The molecule has 0 unspecified atom stereocenters. The van der Waals surface area contributed by atoms with E-state index in [1.807, 2.05) is 17.9 Å². The summed E-state index contributed by atoms with van der Waals surface area (Å²) >= 11 is 0. The SMILES string of the molecule is Cc1cc(CN2CCN(c3ccc(S(=O)(=O)N4CCCCC4)cc3[N+](=O)[O-])CC2)no1. The molecule has 0 atom stereocenters. The van der Waals surface area contributed by atoms with E-state index < -0.39 is 14.9 Å². The van der Waals surface area contributed by atoms with E-state index in [9.17, 15) is 18.5 Å². The molecule has 4 rings (SSSR count). The Kier molecular flexibility index (Phi) is 6.26. The molecule has 2 fully saturated rings. The van der Waals surface area contributed by atoms with Crippen LogP contribution in [0.3, 0.4) is 0 Å². The largest absolute Gasteiger partial charge is 0.363 e. The molecule has 0 spiro atoms. The maximum Gasteiger partial charge on any atom is 0.293 e. The van der Waals surface area contributed by atoms with Gasteiger partial charge in [0.1, 0.15) is 11.4 Å². The fraction of sp³-hybridized carbons (Fsp3) is 0.550. The van der Waals surface area contributed by atoms with Crippen molar-refractivity contribution >= 4 is 21.4 Å². The van der Waals surface area contributed by atoms with Gasteiger partial charge < -0.3 is 9.42 Å². The summed E-state index contributed by atoms with van der Waals surface area (Å²) in [4.78, 5) is 15.4. The van der Waals surface area contributed by atoms with Crippen LogP contribution in [-0.2, 0) is 16.6 Å². The van der Waals surface area contributed by atoms with E-state index >= 15 is 0 Å². The maximum atomic E-state index is 12.9. The second kappa shape index (κ2) is 8.93. The van der Waals surface area contributed by atoms with Crippen LogP contribution in [0.25, 0.3) is 0 Å². The fourth-order valence-electron chi connectivity index (χ4n) is 4.20. The Morgan fingerprint density at radius 1 is 1.06 bits per heavy atom. The molecule has 0 N–H and O–H groups in total.